The second-order valence-corrected chi connectivity index (χ2v) is 34.9. The van der Waals surface area contributed by atoms with Gasteiger partial charge in [-0.2, -0.15) is 20.4 Å². The maximum atomic E-state index is 14.9. The van der Waals surface area contributed by atoms with Gasteiger partial charge in [-0.1, -0.05) is 92.0 Å². The van der Waals surface area contributed by atoms with Gasteiger partial charge in [0.15, 0.2) is 23.3 Å². The minimum atomic E-state index is -0.426. The molecule has 32 nitrogen and oxygen atoms in total. The van der Waals surface area contributed by atoms with Crippen LogP contribution in [-0.2, 0) is 0 Å². The summed E-state index contributed by atoms with van der Waals surface area (Å²) in [6, 6.07) is 56.4. The van der Waals surface area contributed by atoms with Crippen LogP contribution in [0.25, 0.3) is 132 Å². The third kappa shape index (κ3) is 21.2. The molecule has 8 aromatic carbocycles. The number of piperazine rings is 1. The molecule has 3 aliphatic rings. The molecule has 8 N–H and O–H groups in total. The highest BCUT2D eigenvalue weighted by atomic mass is 35.5. The highest BCUT2D eigenvalue weighted by Crippen LogP contribution is 2.43. The Morgan fingerprint density at radius 2 is 0.727 bits per heavy atom. The van der Waals surface area contributed by atoms with Crippen LogP contribution in [0.15, 0.2) is 251 Å². The van der Waals surface area contributed by atoms with Gasteiger partial charge in [-0.05, 0) is 188 Å². The van der Waals surface area contributed by atoms with E-state index in [4.69, 9.17) is 57.3 Å². The highest BCUT2D eigenvalue weighted by Gasteiger charge is 2.24. The zero-order chi connectivity index (χ0) is 93.6. The smallest absolute Gasteiger partial charge is 0.157 e. The monoisotopic (exact) mass is 1890 g/mol. The van der Waals surface area contributed by atoms with Crippen molar-refractivity contribution in [2.24, 2.45) is 0 Å². The molecule has 3 saturated heterocycles. The fourth-order valence-electron chi connectivity index (χ4n) is 17.7. The largest absolute Gasteiger partial charge is 0.492 e. The third-order valence-electron chi connectivity index (χ3n) is 24.8. The van der Waals surface area contributed by atoms with E-state index in [9.17, 15) is 4.39 Å². The number of hydrogen-bond acceptors (Lipinski definition) is 28. The first kappa shape index (κ1) is 92.4. The number of aromatic nitrogens is 20. The summed E-state index contributed by atoms with van der Waals surface area (Å²) in [7, 11) is 6.07. The number of ether oxygens (including phenoxy) is 3. The normalized spacial score (nSPS) is 13.6. The van der Waals surface area contributed by atoms with Crippen LogP contribution in [0.5, 0.6) is 17.2 Å². The van der Waals surface area contributed by atoms with E-state index < -0.39 is 5.82 Å². The van der Waals surface area contributed by atoms with Crippen LogP contribution in [0.4, 0.5) is 56.1 Å². The number of likely N-dealkylation sites (tertiary alicyclic amines) is 2. The SMILES string of the molecule is C.CN(C)CCOc1ccc(Nc2nc3c(-c4ncn[nH]4)cccc3c3cnccc23)c(F)c1.CN1CCN(c2ccc(Nc3nc4c(-c5ncn[nH]5)cccc4c4cnccc34)c(Cl)c2)CC1.Clc1cc(OCCN2CCCCC2)ccc1Nc1nc2c(-c3ncn[nH]3)cccc2c2cnccc12.c1cc(-c2ncn[nH]2)c2nc(Nc3ccc(OCCN4CCCCC4)cc3)c3ccncc3c2c1. The summed E-state index contributed by atoms with van der Waals surface area (Å²) in [5.74, 6) is 6.99. The lowest BCUT2D eigenvalue weighted by Crippen LogP contribution is -2.44. The lowest BCUT2D eigenvalue weighted by molar-refractivity contribution is 0.183. The minimum Gasteiger partial charge on any atom is -0.492 e. The predicted molar refractivity (Wildman–Crippen MR) is 551 cm³/mol. The lowest BCUT2D eigenvalue weighted by atomic mass is 10.0. The zero-order valence-corrected chi connectivity index (χ0v) is 77.6. The zero-order valence-electron chi connectivity index (χ0n) is 76.1. The molecule has 12 aromatic heterocycles. The fourth-order valence-corrected chi connectivity index (χ4v) is 18.1. The Balaban J connectivity index is 0.000000118. The number of benzene rings is 8. The summed E-state index contributed by atoms with van der Waals surface area (Å²) >= 11 is 13.4. The quantitative estimate of drug-likeness (QED) is 0.0246. The van der Waals surface area contributed by atoms with Gasteiger partial charge < -0.3 is 50.2 Å². The van der Waals surface area contributed by atoms with Crippen molar-refractivity contribution in [2.75, 3.05) is 139 Å². The van der Waals surface area contributed by atoms with Gasteiger partial charge in [-0.3, -0.25) is 50.1 Å². The molecule has 0 radical (unpaired) electrons. The number of likely N-dealkylation sites (N-methyl/N-ethyl adjacent to an activating group) is 2. The topological polar surface area (TPSA) is 361 Å². The second kappa shape index (κ2) is 43.1. The van der Waals surface area contributed by atoms with Crippen molar-refractivity contribution in [3.05, 3.63) is 267 Å². The molecule has 0 spiro atoms. The van der Waals surface area contributed by atoms with Gasteiger partial charge >= 0.3 is 0 Å². The van der Waals surface area contributed by atoms with Crippen molar-refractivity contribution < 1.29 is 18.6 Å². The van der Waals surface area contributed by atoms with Crippen molar-refractivity contribution in [3.8, 4) is 62.8 Å². The highest BCUT2D eigenvalue weighted by molar-refractivity contribution is 6.34. The van der Waals surface area contributed by atoms with Crippen molar-refractivity contribution in [1.82, 2.24) is 120 Å². The first-order chi connectivity index (χ1) is 67.9. The van der Waals surface area contributed by atoms with E-state index in [0.29, 0.717) is 87.6 Å². The van der Waals surface area contributed by atoms with Gasteiger partial charge in [0.25, 0.3) is 0 Å². The molecule has 15 heterocycles. The van der Waals surface area contributed by atoms with Crippen LogP contribution >= 0.6 is 23.2 Å². The van der Waals surface area contributed by atoms with Gasteiger partial charge in [0.1, 0.15) is 91.5 Å². The summed E-state index contributed by atoms with van der Waals surface area (Å²) in [5.41, 5.74) is 10.5. The molecule has 23 rings (SSSR count). The molecule has 0 bridgehead atoms. The first-order valence-electron chi connectivity index (χ1n) is 46.0. The Kier molecular flexibility index (Phi) is 28.7. The maximum Gasteiger partial charge on any atom is 0.157 e. The molecule has 702 valence electrons. The van der Waals surface area contributed by atoms with E-state index in [1.165, 1.54) is 83.0 Å². The van der Waals surface area contributed by atoms with Gasteiger partial charge in [-0.25, -0.2) is 44.3 Å². The molecule has 0 unspecified atom stereocenters. The number of H-pyrrole nitrogens is 4. The molecule has 0 atom stereocenters. The van der Waals surface area contributed by atoms with E-state index in [2.05, 4.69) is 141 Å². The lowest BCUT2D eigenvalue weighted by Gasteiger charge is -2.34. The van der Waals surface area contributed by atoms with Crippen molar-refractivity contribution in [3.63, 3.8) is 0 Å². The van der Waals surface area contributed by atoms with E-state index in [-0.39, 0.29) is 7.43 Å². The first-order valence-corrected chi connectivity index (χ1v) is 46.7. The summed E-state index contributed by atoms with van der Waals surface area (Å²) in [6.07, 6.45) is 28.2. The Morgan fingerprint density at radius 1 is 0.367 bits per heavy atom. The summed E-state index contributed by atoms with van der Waals surface area (Å²) in [5, 5.41) is 54.1. The Bertz CT molecular complexity index is 7620. The summed E-state index contributed by atoms with van der Waals surface area (Å²) in [4.78, 5) is 66.2. The van der Waals surface area contributed by atoms with Crippen LogP contribution in [0.1, 0.15) is 46.0 Å². The molecule has 139 heavy (non-hydrogen) atoms. The van der Waals surface area contributed by atoms with E-state index >= 15 is 0 Å². The van der Waals surface area contributed by atoms with Crippen LogP contribution < -0.4 is 40.4 Å². The standard InChI is InChI=1S/C27H26ClN7O.C27H27N7O.C25H23ClN8.C24H22FN7O.CH4/c28-23-15-18(36-14-13-35-11-2-1-3-12-35)7-8-24(23)32-27-20-9-10-29-16-22(20)19-5-4-6-21(25(19)33-27)26-30-17-31-34-26;1-2-13-34(14-3-1)15-16-35-20-9-7-19(8-10-20)31-27-22-11-12-28-17-24(22)21-5-4-6-23(25(21)32-27)26-29-18-30-33-26;1-33-9-11-34(12-10-33)16-5-6-22(21(26)13-16)30-25-18-7-8-27-14-20(18)17-3-2-4-19(23(17)31-25)24-28-15-29-32-24;1-32(2)10-11-33-15-6-7-21(20(25)12-15)29-24-17-8-9-26-13-19(17)16-4-3-5-18(22(16)30-24)23-27-14-28-31-23;/h4-10,15-17H,1-3,11-14H2,(H,32,33)(H,30,31,34);4-12,17-18H,1-3,13-16H2,(H,31,32)(H,29,30,33);2-8,13-15H,9-12H2,1H3,(H,30,31)(H,28,29,32);3-9,12-14H,10-11H2,1-2H3,(H,29,30)(H,27,28,31);1H4. The molecular formula is C104H102Cl2FN29O3. The van der Waals surface area contributed by atoms with Crippen LogP contribution in [0.3, 0.4) is 0 Å². The molecule has 0 amide bonds. The maximum absolute atomic E-state index is 14.9. The number of aromatic amines is 4. The van der Waals surface area contributed by atoms with Crippen molar-refractivity contribution in [2.45, 2.75) is 46.0 Å². The van der Waals surface area contributed by atoms with Crippen molar-refractivity contribution in [1.29, 1.82) is 0 Å². The summed E-state index contributed by atoms with van der Waals surface area (Å²) < 4.78 is 32.5. The Labute approximate surface area is 810 Å². The van der Waals surface area contributed by atoms with Crippen LogP contribution in [0, 0.1) is 5.82 Å². The number of hydrogen-bond donors (Lipinski definition) is 8. The molecule has 20 aromatic rings. The number of nitrogens with one attached hydrogen (secondary N) is 8. The van der Waals surface area contributed by atoms with Crippen LogP contribution in [-0.4, -0.2) is 233 Å². The third-order valence-corrected chi connectivity index (χ3v) is 25.4. The average molecular weight is 1900 g/mol. The van der Waals surface area contributed by atoms with Crippen LogP contribution in [0.2, 0.25) is 10.0 Å². The molecular weight excluding hydrogens is 1790 g/mol. The summed E-state index contributed by atoms with van der Waals surface area (Å²) in [6.45, 7) is 13.3. The number of pyridine rings is 8. The van der Waals surface area contributed by atoms with E-state index in [1.807, 2.05) is 183 Å². The number of nitrogens with zero attached hydrogens (tertiary/aromatic N) is 21. The molecule has 3 fully saturated rings. The number of piperidine rings is 2. The number of anilines is 9. The van der Waals surface area contributed by atoms with E-state index in [0.717, 1.165) is 202 Å². The minimum absolute atomic E-state index is 0. The van der Waals surface area contributed by atoms with Gasteiger partial charge in [0, 0.05) is 206 Å². The predicted octanol–water partition coefficient (Wildman–Crippen LogP) is 20.8. The molecule has 35 heteroatoms. The Morgan fingerprint density at radius 3 is 1.11 bits per heavy atom. The number of para-hydroxylation sites is 4. The van der Waals surface area contributed by atoms with Gasteiger partial charge in [0.2, 0.25) is 0 Å². The molecule has 0 aliphatic carbocycles. The number of fused-ring (bicyclic) bond motifs is 12. The fraction of sp³-hybridized carbons (Fsp3) is 0.231. The average Bonchev–Trinajstić information content (AvgIpc) is 1.76. The second-order valence-electron chi connectivity index (χ2n) is 34.1. The van der Waals surface area contributed by atoms with Crippen molar-refractivity contribution >= 4 is 162 Å². The number of rotatable bonds is 25. The number of halogens is 3. The molecule has 3 aliphatic heterocycles. The van der Waals surface area contributed by atoms with Gasteiger partial charge in [0.05, 0.1) is 49.2 Å². The molecule has 0 saturated carbocycles. The van der Waals surface area contributed by atoms with Gasteiger partial charge in [-0.15, -0.1) is 0 Å². The Hall–Kier alpha value is -15.7. The van der Waals surface area contributed by atoms with E-state index in [1.54, 1.807) is 43.1 Å².